The molecule has 0 bridgehead atoms. The zero-order valence-electron chi connectivity index (χ0n) is 10.5. The summed E-state index contributed by atoms with van der Waals surface area (Å²) in [4.78, 5) is 16.2. The first-order chi connectivity index (χ1) is 9.24. The first-order valence-corrected chi connectivity index (χ1v) is 6.14. The zero-order chi connectivity index (χ0) is 13.2. The largest absolute Gasteiger partial charge is 0.328 e. The van der Waals surface area contributed by atoms with Gasteiger partial charge in [0.15, 0.2) is 5.82 Å². The van der Waals surface area contributed by atoms with Gasteiger partial charge in [-0.2, -0.15) is 4.98 Å². The molecule has 2 N–H and O–H groups in total. The molecule has 1 aromatic carbocycles. The number of rotatable bonds is 2. The minimum absolute atomic E-state index is 0.136. The van der Waals surface area contributed by atoms with Gasteiger partial charge in [-0.25, -0.2) is 0 Å². The molecular formula is C13H14N4O2. The lowest BCUT2D eigenvalue weighted by atomic mass is 9.90. The summed E-state index contributed by atoms with van der Waals surface area (Å²) in [5.74, 6) is 0.123. The van der Waals surface area contributed by atoms with Gasteiger partial charge in [0.25, 0.3) is 0 Å². The van der Waals surface area contributed by atoms with Crippen LogP contribution < -0.4 is 10.6 Å². The van der Waals surface area contributed by atoms with E-state index in [1.807, 2.05) is 24.3 Å². The normalized spacial score (nSPS) is 17.8. The molecule has 1 aromatic heterocycles. The van der Waals surface area contributed by atoms with Crippen LogP contribution in [0.4, 0.5) is 6.01 Å². The SMILES string of the molecule is Cc1noc(NC(=O)C2CNCc3ccccc32)n1. The Morgan fingerprint density at radius 1 is 1.47 bits per heavy atom. The van der Waals surface area contributed by atoms with Crippen LogP contribution in [-0.2, 0) is 11.3 Å². The van der Waals surface area contributed by atoms with Crippen molar-refractivity contribution in [3.63, 3.8) is 0 Å². The molecule has 19 heavy (non-hydrogen) atoms. The third kappa shape index (κ3) is 2.34. The average molecular weight is 258 g/mol. The highest BCUT2D eigenvalue weighted by molar-refractivity contribution is 5.94. The van der Waals surface area contributed by atoms with Crippen molar-refractivity contribution >= 4 is 11.9 Å². The van der Waals surface area contributed by atoms with Crippen LogP contribution >= 0.6 is 0 Å². The van der Waals surface area contributed by atoms with Crippen LogP contribution in [0.3, 0.4) is 0 Å². The van der Waals surface area contributed by atoms with Gasteiger partial charge in [-0.05, 0) is 18.1 Å². The van der Waals surface area contributed by atoms with Crippen LogP contribution in [0.1, 0.15) is 22.9 Å². The van der Waals surface area contributed by atoms with Crippen LogP contribution in [0, 0.1) is 6.92 Å². The number of fused-ring (bicyclic) bond motifs is 1. The van der Waals surface area contributed by atoms with E-state index in [9.17, 15) is 4.79 Å². The van der Waals surface area contributed by atoms with E-state index in [2.05, 4.69) is 20.8 Å². The Kier molecular flexibility index (Phi) is 3.00. The molecular weight excluding hydrogens is 244 g/mol. The van der Waals surface area contributed by atoms with Crippen molar-refractivity contribution in [2.24, 2.45) is 0 Å². The van der Waals surface area contributed by atoms with E-state index in [1.54, 1.807) is 6.92 Å². The molecule has 2 aromatic rings. The Morgan fingerprint density at radius 3 is 3.11 bits per heavy atom. The minimum Gasteiger partial charge on any atom is -0.315 e. The van der Waals surface area contributed by atoms with Crippen molar-refractivity contribution in [3.8, 4) is 0 Å². The molecule has 98 valence electrons. The van der Waals surface area contributed by atoms with Crippen molar-refractivity contribution in [1.29, 1.82) is 0 Å². The lowest BCUT2D eigenvalue weighted by molar-refractivity contribution is -0.117. The molecule has 6 heteroatoms. The number of carbonyl (C=O) groups excluding carboxylic acids is 1. The standard InChI is InChI=1S/C13H14N4O2/c1-8-15-13(19-17-8)16-12(18)11-7-14-6-9-4-2-3-5-10(9)11/h2-5,11,14H,6-7H2,1H3,(H,15,16,17,18). The van der Waals surface area contributed by atoms with E-state index in [4.69, 9.17) is 4.52 Å². The van der Waals surface area contributed by atoms with Gasteiger partial charge in [0.2, 0.25) is 5.91 Å². The Bertz CT molecular complexity index is 608. The van der Waals surface area contributed by atoms with Crippen molar-refractivity contribution in [3.05, 3.63) is 41.2 Å². The van der Waals surface area contributed by atoms with Crippen LogP contribution in [0.2, 0.25) is 0 Å². The van der Waals surface area contributed by atoms with E-state index >= 15 is 0 Å². The van der Waals surface area contributed by atoms with Gasteiger partial charge in [-0.1, -0.05) is 29.4 Å². The number of hydrogen-bond acceptors (Lipinski definition) is 5. The molecule has 0 saturated heterocycles. The monoisotopic (exact) mass is 258 g/mol. The number of nitrogens with one attached hydrogen (secondary N) is 2. The van der Waals surface area contributed by atoms with Crippen LogP contribution in [0.5, 0.6) is 0 Å². The summed E-state index contributed by atoms with van der Waals surface area (Å²) in [6.45, 7) is 3.10. The Hall–Kier alpha value is -2.21. The molecule has 0 fully saturated rings. The number of aromatic nitrogens is 2. The Balaban J connectivity index is 1.81. The number of amides is 1. The van der Waals surface area contributed by atoms with Crippen LogP contribution in [0.25, 0.3) is 0 Å². The third-order valence-corrected chi connectivity index (χ3v) is 3.17. The molecule has 1 aliphatic rings. The van der Waals surface area contributed by atoms with Crippen molar-refractivity contribution in [1.82, 2.24) is 15.5 Å². The smallest absolute Gasteiger partial charge is 0.315 e. The predicted molar refractivity (Wildman–Crippen MR) is 68.6 cm³/mol. The van der Waals surface area contributed by atoms with E-state index < -0.39 is 0 Å². The molecule has 0 spiro atoms. The van der Waals surface area contributed by atoms with E-state index in [-0.39, 0.29) is 17.8 Å². The van der Waals surface area contributed by atoms with Gasteiger partial charge in [0, 0.05) is 13.1 Å². The van der Waals surface area contributed by atoms with Gasteiger partial charge >= 0.3 is 6.01 Å². The maximum absolute atomic E-state index is 12.3. The summed E-state index contributed by atoms with van der Waals surface area (Å²) in [6.07, 6.45) is 0. The fourth-order valence-electron chi connectivity index (χ4n) is 2.27. The Labute approximate surface area is 110 Å². The molecule has 0 saturated carbocycles. The van der Waals surface area contributed by atoms with E-state index in [0.717, 1.165) is 17.7 Å². The number of benzene rings is 1. The van der Waals surface area contributed by atoms with Crippen LogP contribution in [-0.4, -0.2) is 22.6 Å². The van der Waals surface area contributed by atoms with Crippen molar-refractivity contribution in [2.45, 2.75) is 19.4 Å². The fourth-order valence-corrected chi connectivity index (χ4v) is 2.27. The molecule has 2 heterocycles. The van der Waals surface area contributed by atoms with Gasteiger partial charge in [-0.3, -0.25) is 10.1 Å². The molecule has 1 unspecified atom stereocenters. The second kappa shape index (κ2) is 4.81. The molecule has 3 rings (SSSR count). The summed E-state index contributed by atoms with van der Waals surface area (Å²) in [5.41, 5.74) is 2.20. The minimum atomic E-state index is -0.239. The average Bonchev–Trinajstić information content (AvgIpc) is 2.83. The van der Waals surface area contributed by atoms with Gasteiger partial charge in [0.05, 0.1) is 5.92 Å². The van der Waals surface area contributed by atoms with E-state index in [0.29, 0.717) is 12.4 Å². The number of aryl methyl sites for hydroxylation is 1. The molecule has 0 aliphatic carbocycles. The number of hydrogen-bond donors (Lipinski definition) is 2. The summed E-state index contributed by atoms with van der Waals surface area (Å²) < 4.78 is 4.90. The zero-order valence-corrected chi connectivity index (χ0v) is 10.5. The number of nitrogens with zero attached hydrogens (tertiary/aromatic N) is 2. The first-order valence-electron chi connectivity index (χ1n) is 6.14. The highest BCUT2D eigenvalue weighted by atomic mass is 16.5. The van der Waals surface area contributed by atoms with Crippen molar-refractivity contribution < 1.29 is 9.32 Å². The van der Waals surface area contributed by atoms with Crippen molar-refractivity contribution in [2.75, 3.05) is 11.9 Å². The predicted octanol–water partition coefficient (Wildman–Crippen LogP) is 1.20. The van der Waals surface area contributed by atoms with Gasteiger partial charge < -0.3 is 9.84 Å². The number of carbonyl (C=O) groups is 1. The molecule has 1 aliphatic heterocycles. The number of anilines is 1. The maximum atomic E-state index is 12.3. The first kappa shape index (κ1) is 11.9. The summed E-state index contributed by atoms with van der Waals surface area (Å²) in [7, 11) is 0. The van der Waals surface area contributed by atoms with Gasteiger partial charge in [0.1, 0.15) is 0 Å². The molecule has 1 amide bonds. The second-order valence-corrected chi connectivity index (χ2v) is 4.52. The molecule has 0 radical (unpaired) electrons. The summed E-state index contributed by atoms with van der Waals surface area (Å²) in [6, 6.07) is 8.08. The highest BCUT2D eigenvalue weighted by Gasteiger charge is 2.26. The summed E-state index contributed by atoms with van der Waals surface area (Å²) >= 11 is 0. The van der Waals surface area contributed by atoms with Crippen LogP contribution in [0.15, 0.2) is 28.8 Å². The lowest BCUT2D eigenvalue weighted by Crippen LogP contribution is -2.35. The fraction of sp³-hybridized carbons (Fsp3) is 0.308. The Morgan fingerprint density at radius 2 is 2.32 bits per heavy atom. The summed E-state index contributed by atoms with van der Waals surface area (Å²) in [5, 5.41) is 9.53. The molecule has 1 atom stereocenters. The molecule has 6 nitrogen and oxygen atoms in total. The highest BCUT2D eigenvalue weighted by Crippen LogP contribution is 2.24. The second-order valence-electron chi connectivity index (χ2n) is 4.52. The lowest BCUT2D eigenvalue weighted by Gasteiger charge is -2.24. The quantitative estimate of drug-likeness (QED) is 0.846. The van der Waals surface area contributed by atoms with E-state index in [1.165, 1.54) is 0 Å². The van der Waals surface area contributed by atoms with Gasteiger partial charge in [-0.15, -0.1) is 0 Å². The third-order valence-electron chi connectivity index (χ3n) is 3.17. The topological polar surface area (TPSA) is 80.0 Å². The maximum Gasteiger partial charge on any atom is 0.328 e.